The summed E-state index contributed by atoms with van der Waals surface area (Å²) in [6.07, 6.45) is 7.31. The number of aliphatic imine (C=N–C) groups is 1. The molecule has 0 saturated carbocycles. The number of alkyl halides is 1. The van der Waals surface area contributed by atoms with E-state index < -0.39 is 16.0 Å². The van der Waals surface area contributed by atoms with Gasteiger partial charge in [-0.15, -0.1) is 9.74 Å². The molecule has 0 fully saturated rings. The zero-order valence-corrected chi connectivity index (χ0v) is 9.61. The largest absolute Gasteiger partial charge is 0.325 e. The highest BCUT2D eigenvalue weighted by Gasteiger charge is 2.51. The molecule has 88 valence electrons. The number of quaternary nitrogens is 1. The van der Waals surface area contributed by atoms with E-state index in [1.165, 1.54) is 31.6 Å². The van der Waals surface area contributed by atoms with Crippen LogP contribution in [-0.4, -0.2) is 16.5 Å². The van der Waals surface area contributed by atoms with Crippen LogP contribution in [0, 0.1) is 11.5 Å². The van der Waals surface area contributed by atoms with Crippen LogP contribution in [0.4, 0.5) is 8.78 Å². The van der Waals surface area contributed by atoms with E-state index in [1.54, 1.807) is 6.92 Å². The maximum atomic E-state index is 14.4. The third kappa shape index (κ3) is 1.53. The van der Waals surface area contributed by atoms with Crippen LogP contribution in [0.1, 0.15) is 20.3 Å². The Morgan fingerprint density at radius 1 is 1.59 bits per heavy atom. The molecule has 0 spiro atoms. The van der Waals surface area contributed by atoms with E-state index in [-0.39, 0.29) is 12.1 Å². The van der Waals surface area contributed by atoms with Crippen molar-refractivity contribution < 1.29 is 13.3 Å². The van der Waals surface area contributed by atoms with Crippen molar-refractivity contribution in [1.82, 2.24) is 0 Å². The van der Waals surface area contributed by atoms with Crippen LogP contribution in [0.3, 0.4) is 0 Å². The normalized spacial score (nSPS) is 36.1. The van der Waals surface area contributed by atoms with Crippen LogP contribution < -0.4 is 0 Å². The molecule has 0 radical (unpaired) electrons. The van der Waals surface area contributed by atoms with Crippen LogP contribution in [0.2, 0.25) is 0 Å². The van der Waals surface area contributed by atoms with Gasteiger partial charge in [-0.3, -0.25) is 0 Å². The van der Waals surface area contributed by atoms with Crippen LogP contribution in [0.5, 0.6) is 0 Å². The Morgan fingerprint density at radius 2 is 2.29 bits per heavy atom. The highest BCUT2D eigenvalue weighted by Crippen LogP contribution is 2.42. The van der Waals surface area contributed by atoms with Gasteiger partial charge in [0.25, 0.3) is 0 Å². The maximum Gasteiger partial charge on any atom is 0.325 e. The van der Waals surface area contributed by atoms with Crippen molar-refractivity contribution in [3.8, 4) is 6.19 Å². The molecule has 5 heteroatoms. The van der Waals surface area contributed by atoms with Crippen LogP contribution in [0.15, 0.2) is 40.6 Å². The summed E-state index contributed by atoms with van der Waals surface area (Å²) in [5.41, 5.74) is -1.60. The van der Waals surface area contributed by atoms with Gasteiger partial charge < -0.3 is 0 Å². The lowest BCUT2D eigenvalue weighted by atomic mass is 9.92. The molecule has 1 aliphatic carbocycles. The van der Waals surface area contributed by atoms with Gasteiger partial charge in [0, 0.05) is 13.3 Å². The molecule has 3 nitrogen and oxygen atoms in total. The Balaban J connectivity index is 2.67. The van der Waals surface area contributed by atoms with E-state index in [4.69, 9.17) is 0 Å². The van der Waals surface area contributed by atoms with Crippen molar-refractivity contribution in [2.75, 3.05) is 0 Å². The van der Waals surface area contributed by atoms with E-state index >= 15 is 0 Å². The van der Waals surface area contributed by atoms with Gasteiger partial charge in [-0.1, -0.05) is 6.08 Å². The van der Waals surface area contributed by atoms with E-state index in [0.29, 0.717) is 5.70 Å². The van der Waals surface area contributed by atoms with Crippen molar-refractivity contribution in [3.63, 3.8) is 0 Å². The summed E-state index contributed by atoms with van der Waals surface area (Å²) >= 11 is 0. The van der Waals surface area contributed by atoms with Gasteiger partial charge in [-0.25, -0.2) is 13.8 Å². The average Bonchev–Trinajstić information content (AvgIpc) is 2.59. The Morgan fingerprint density at radius 3 is 2.76 bits per heavy atom. The lowest BCUT2D eigenvalue weighted by molar-refractivity contribution is -0.686. The van der Waals surface area contributed by atoms with Gasteiger partial charge in [0.2, 0.25) is 12.0 Å². The molecule has 0 amide bonds. The number of halogens is 2. The summed E-state index contributed by atoms with van der Waals surface area (Å²) in [6, 6.07) is 0. The van der Waals surface area contributed by atoms with Crippen molar-refractivity contribution in [2.45, 2.75) is 25.9 Å². The van der Waals surface area contributed by atoms with Crippen molar-refractivity contribution in [1.29, 1.82) is 5.26 Å². The zero-order chi connectivity index (χ0) is 12.7. The summed E-state index contributed by atoms with van der Waals surface area (Å²) in [6.45, 7) is 2.91. The van der Waals surface area contributed by atoms with Crippen LogP contribution in [0.25, 0.3) is 0 Å². The first-order chi connectivity index (χ1) is 7.94. The molecular weight excluding hydrogens is 224 g/mol. The van der Waals surface area contributed by atoms with E-state index in [2.05, 4.69) is 4.99 Å². The topological polar surface area (TPSA) is 36.1 Å². The monoisotopic (exact) mass is 236 g/mol. The van der Waals surface area contributed by atoms with Crippen molar-refractivity contribution in [3.05, 3.63) is 35.6 Å². The standard InChI is InChI=1S/C12H12F2N3/c1-9-6-16-8-17(9,7-15)11-10(13)4-3-5-12(11,2)14/h3-4,6,8H,5H2,1-2H3/q+1. The third-order valence-corrected chi connectivity index (χ3v) is 3.05. The SMILES string of the molecule is CC1=CN=C[N+]1(C#N)C1=C(F)C=CCC1(C)F. The highest BCUT2D eigenvalue weighted by molar-refractivity contribution is 5.58. The fourth-order valence-electron chi connectivity index (χ4n) is 2.16. The van der Waals surface area contributed by atoms with E-state index in [0.717, 1.165) is 0 Å². The molecule has 1 aliphatic heterocycles. The van der Waals surface area contributed by atoms with Gasteiger partial charge in [0.1, 0.15) is 0 Å². The predicted molar refractivity (Wildman–Crippen MR) is 59.5 cm³/mol. The molecule has 0 N–H and O–H groups in total. The van der Waals surface area contributed by atoms with Gasteiger partial charge in [-0.2, -0.15) is 0 Å². The Bertz CT molecular complexity index is 520. The molecule has 2 rings (SSSR count). The first-order valence-corrected chi connectivity index (χ1v) is 5.22. The molecule has 0 aromatic carbocycles. The fraction of sp³-hybridized carbons (Fsp3) is 0.333. The molecule has 0 bridgehead atoms. The van der Waals surface area contributed by atoms with Crippen molar-refractivity contribution >= 4 is 6.34 Å². The van der Waals surface area contributed by atoms with Gasteiger partial charge in [-0.05, 0) is 13.0 Å². The fourth-order valence-corrected chi connectivity index (χ4v) is 2.16. The molecule has 0 aromatic rings. The molecule has 2 unspecified atom stereocenters. The lowest BCUT2D eigenvalue weighted by Crippen LogP contribution is -2.46. The highest BCUT2D eigenvalue weighted by atomic mass is 19.1. The molecule has 0 saturated heterocycles. The number of rotatable bonds is 1. The Labute approximate surface area is 98.3 Å². The van der Waals surface area contributed by atoms with Gasteiger partial charge in [0.05, 0.1) is 6.20 Å². The molecule has 17 heavy (non-hydrogen) atoms. The number of nitrogens with zero attached hydrogens (tertiary/aromatic N) is 3. The summed E-state index contributed by atoms with van der Waals surface area (Å²) in [5.74, 6) is -0.705. The average molecular weight is 236 g/mol. The second-order valence-electron chi connectivity index (χ2n) is 4.36. The number of hydrogen-bond donors (Lipinski definition) is 0. The van der Waals surface area contributed by atoms with Gasteiger partial charge >= 0.3 is 6.19 Å². The predicted octanol–water partition coefficient (Wildman–Crippen LogP) is 3.06. The Kier molecular flexibility index (Phi) is 2.48. The first kappa shape index (κ1) is 11.7. The first-order valence-electron chi connectivity index (χ1n) is 5.22. The second kappa shape index (κ2) is 3.60. The lowest BCUT2D eigenvalue weighted by Gasteiger charge is -2.32. The number of hydrogen-bond acceptors (Lipinski definition) is 2. The second-order valence-corrected chi connectivity index (χ2v) is 4.36. The molecule has 2 atom stereocenters. The minimum absolute atomic E-state index is 0.0541. The third-order valence-electron chi connectivity index (χ3n) is 3.05. The van der Waals surface area contributed by atoms with E-state index in [1.807, 2.05) is 6.19 Å². The summed E-state index contributed by atoms with van der Waals surface area (Å²) in [7, 11) is 0. The molecule has 1 heterocycles. The van der Waals surface area contributed by atoms with E-state index in [9.17, 15) is 14.0 Å². The van der Waals surface area contributed by atoms with Crippen molar-refractivity contribution in [2.24, 2.45) is 4.99 Å². The van der Waals surface area contributed by atoms with Gasteiger partial charge in [0.15, 0.2) is 17.2 Å². The Hall–Kier alpha value is -1.80. The van der Waals surface area contributed by atoms with Crippen LogP contribution in [-0.2, 0) is 0 Å². The molecular formula is C12H12F2N3+. The quantitative estimate of drug-likeness (QED) is 0.509. The minimum atomic E-state index is -1.89. The number of nitriles is 1. The number of allylic oxidation sites excluding steroid dienone is 5. The summed E-state index contributed by atoms with van der Waals surface area (Å²) < 4.78 is 27.7. The maximum absolute atomic E-state index is 14.4. The molecule has 0 aromatic heterocycles. The van der Waals surface area contributed by atoms with Crippen LogP contribution >= 0.6 is 0 Å². The summed E-state index contributed by atoms with van der Waals surface area (Å²) in [4.78, 5) is 3.84. The molecule has 2 aliphatic rings. The zero-order valence-electron chi connectivity index (χ0n) is 9.61. The summed E-state index contributed by atoms with van der Waals surface area (Å²) in [5, 5.41) is 9.29. The minimum Gasteiger partial charge on any atom is -0.232 e. The smallest absolute Gasteiger partial charge is 0.232 e.